The molecule has 0 aliphatic rings. The summed E-state index contributed by atoms with van der Waals surface area (Å²) >= 11 is 0. The molecule has 5 nitrogen and oxygen atoms in total. The maximum absolute atomic E-state index is 6.30. The molecular formula is C59H40N4O. The molecule has 302 valence electrons. The second-order valence-electron chi connectivity index (χ2n) is 16.0. The van der Waals surface area contributed by atoms with Crippen LogP contribution in [0, 0.1) is 0 Å². The van der Waals surface area contributed by atoms with Gasteiger partial charge < -0.3 is 18.8 Å². The molecule has 0 bridgehead atoms. The minimum Gasteiger partial charge on any atom is -0.438 e. The lowest BCUT2D eigenvalue weighted by Crippen LogP contribution is -2.09. The van der Waals surface area contributed by atoms with Gasteiger partial charge in [0.05, 0.1) is 11.0 Å². The van der Waals surface area contributed by atoms with Crippen molar-refractivity contribution in [3.05, 3.63) is 243 Å². The fourth-order valence-corrected chi connectivity index (χ4v) is 9.21. The molecule has 0 fully saturated rings. The third kappa shape index (κ3) is 6.55. The van der Waals surface area contributed by atoms with Crippen LogP contribution >= 0.6 is 0 Å². The summed E-state index contributed by atoms with van der Waals surface area (Å²) in [6, 6.07) is 84.2. The Labute approximate surface area is 371 Å². The van der Waals surface area contributed by atoms with Crippen LogP contribution in [0.15, 0.2) is 247 Å². The van der Waals surface area contributed by atoms with Gasteiger partial charge in [0, 0.05) is 73.6 Å². The predicted molar refractivity (Wildman–Crippen MR) is 266 cm³/mol. The van der Waals surface area contributed by atoms with E-state index < -0.39 is 0 Å². The zero-order valence-corrected chi connectivity index (χ0v) is 34.8. The van der Waals surface area contributed by atoms with Gasteiger partial charge in [-0.05, 0) is 144 Å². The van der Waals surface area contributed by atoms with E-state index in [1.165, 1.54) is 10.8 Å². The summed E-state index contributed by atoms with van der Waals surface area (Å²) in [6.07, 6.45) is 1.78. The van der Waals surface area contributed by atoms with E-state index in [1.807, 2.05) is 6.07 Å². The van der Waals surface area contributed by atoms with Gasteiger partial charge in [0.2, 0.25) is 5.71 Å². The van der Waals surface area contributed by atoms with Crippen LogP contribution in [0.3, 0.4) is 0 Å². The highest BCUT2D eigenvalue weighted by molar-refractivity contribution is 6.12. The molecule has 5 heteroatoms. The summed E-state index contributed by atoms with van der Waals surface area (Å²) in [5, 5.41) is 4.43. The van der Waals surface area contributed by atoms with Crippen LogP contribution in [0.2, 0.25) is 0 Å². The minimum absolute atomic E-state index is 0.648. The van der Waals surface area contributed by atoms with Crippen LogP contribution in [-0.4, -0.2) is 9.55 Å². The quantitative estimate of drug-likeness (QED) is 0.145. The number of aromatic nitrogens is 2. The van der Waals surface area contributed by atoms with Gasteiger partial charge >= 0.3 is 0 Å². The van der Waals surface area contributed by atoms with Crippen molar-refractivity contribution in [2.24, 2.45) is 0 Å². The van der Waals surface area contributed by atoms with Crippen molar-refractivity contribution in [1.29, 1.82) is 0 Å². The molecule has 64 heavy (non-hydrogen) atoms. The number of furan rings is 1. The summed E-state index contributed by atoms with van der Waals surface area (Å²) in [5.74, 6) is 0. The van der Waals surface area contributed by atoms with Crippen molar-refractivity contribution in [2.45, 2.75) is 0 Å². The second kappa shape index (κ2) is 15.7. The SMILES string of the molecule is c1ccc(N(c2ccccc2)c2ccc(-c3ccc4c(c3)c3cc(-c5ccc(N(c6ccccc6)c6ccccc6)cc5)ccc3n4-c3ccc4c(c3)oc3ncccc34)cc2)cc1. The molecule has 0 aliphatic carbocycles. The van der Waals surface area contributed by atoms with E-state index in [0.29, 0.717) is 5.71 Å². The zero-order chi connectivity index (χ0) is 42.4. The van der Waals surface area contributed by atoms with Crippen molar-refractivity contribution in [3.8, 4) is 27.9 Å². The highest BCUT2D eigenvalue weighted by Gasteiger charge is 2.19. The summed E-state index contributed by atoms with van der Waals surface area (Å²) in [7, 11) is 0. The van der Waals surface area contributed by atoms with Gasteiger partial charge in [-0.15, -0.1) is 0 Å². The number of fused-ring (bicyclic) bond motifs is 6. The van der Waals surface area contributed by atoms with E-state index in [1.54, 1.807) is 6.20 Å². The Morgan fingerprint density at radius 3 is 1.20 bits per heavy atom. The first kappa shape index (κ1) is 37.1. The number of para-hydroxylation sites is 4. The number of benzene rings is 9. The fourth-order valence-electron chi connectivity index (χ4n) is 9.21. The molecule has 0 atom stereocenters. The first-order chi connectivity index (χ1) is 31.7. The lowest BCUT2D eigenvalue weighted by molar-refractivity contribution is 0.654. The predicted octanol–water partition coefficient (Wildman–Crippen LogP) is 16.4. The summed E-state index contributed by atoms with van der Waals surface area (Å²) in [6.45, 7) is 0. The Balaban J connectivity index is 0.976. The molecule has 3 heterocycles. The van der Waals surface area contributed by atoms with Crippen LogP contribution in [-0.2, 0) is 0 Å². The number of rotatable bonds is 9. The number of anilines is 6. The molecule has 0 saturated carbocycles. The smallest absolute Gasteiger partial charge is 0.227 e. The van der Waals surface area contributed by atoms with E-state index in [2.05, 4.69) is 250 Å². The standard InChI is InChI=1S/C59H40N4O/c1-5-14-45(15-6-1)61(46-16-7-2-8-17-46)49-29-23-41(24-30-49)43-27-35-56-54(38-43)55-39-44(28-36-57(55)63(56)51-33-34-52-53-22-13-37-60-59(53)64-58(52)40-51)42-25-31-50(32-26-42)62(47-18-9-3-10-19-47)48-20-11-4-12-21-48/h1-40H. The van der Waals surface area contributed by atoms with Gasteiger partial charge in [-0.3, -0.25) is 0 Å². The molecule has 0 N–H and O–H groups in total. The van der Waals surface area contributed by atoms with Crippen molar-refractivity contribution in [1.82, 2.24) is 9.55 Å². The van der Waals surface area contributed by atoms with E-state index in [9.17, 15) is 0 Å². The Kier molecular flexibility index (Phi) is 9.08. The van der Waals surface area contributed by atoms with Gasteiger partial charge in [-0.25, -0.2) is 4.98 Å². The zero-order valence-electron chi connectivity index (χ0n) is 34.8. The van der Waals surface area contributed by atoms with Crippen LogP contribution in [0.5, 0.6) is 0 Å². The minimum atomic E-state index is 0.648. The van der Waals surface area contributed by atoms with Crippen LogP contribution in [0.4, 0.5) is 34.1 Å². The number of hydrogen-bond acceptors (Lipinski definition) is 4. The molecule has 12 rings (SSSR count). The van der Waals surface area contributed by atoms with Gasteiger partial charge in [0.15, 0.2) is 0 Å². The van der Waals surface area contributed by atoms with E-state index in [0.717, 1.165) is 89.5 Å². The molecular weight excluding hydrogens is 781 g/mol. The van der Waals surface area contributed by atoms with E-state index in [4.69, 9.17) is 4.42 Å². The lowest BCUT2D eigenvalue weighted by Gasteiger charge is -2.25. The Bertz CT molecular complexity index is 3320. The summed E-state index contributed by atoms with van der Waals surface area (Å²) < 4.78 is 8.66. The highest BCUT2D eigenvalue weighted by atomic mass is 16.3. The Morgan fingerprint density at radius 1 is 0.328 bits per heavy atom. The van der Waals surface area contributed by atoms with Crippen LogP contribution < -0.4 is 9.80 Å². The molecule has 0 spiro atoms. The third-order valence-corrected chi connectivity index (χ3v) is 12.2. The van der Waals surface area contributed by atoms with Crippen LogP contribution in [0.1, 0.15) is 0 Å². The maximum atomic E-state index is 6.30. The van der Waals surface area contributed by atoms with Crippen molar-refractivity contribution in [3.63, 3.8) is 0 Å². The monoisotopic (exact) mass is 820 g/mol. The molecule has 12 aromatic rings. The third-order valence-electron chi connectivity index (χ3n) is 12.2. The average molecular weight is 821 g/mol. The van der Waals surface area contributed by atoms with Crippen molar-refractivity contribution < 1.29 is 4.42 Å². The van der Waals surface area contributed by atoms with Gasteiger partial charge in [0.1, 0.15) is 5.58 Å². The topological polar surface area (TPSA) is 37.4 Å². The molecule has 0 aliphatic heterocycles. The van der Waals surface area contributed by atoms with E-state index in [-0.39, 0.29) is 0 Å². The molecule has 0 amide bonds. The second-order valence-corrected chi connectivity index (χ2v) is 16.0. The van der Waals surface area contributed by atoms with Crippen LogP contribution in [0.25, 0.3) is 71.8 Å². The highest BCUT2D eigenvalue weighted by Crippen LogP contribution is 2.41. The van der Waals surface area contributed by atoms with Gasteiger partial charge in [-0.1, -0.05) is 109 Å². The average Bonchev–Trinajstić information content (AvgIpc) is 3.90. The summed E-state index contributed by atoms with van der Waals surface area (Å²) in [4.78, 5) is 9.09. The maximum Gasteiger partial charge on any atom is 0.227 e. The Hall–Kier alpha value is -8.67. The molecule has 3 aromatic heterocycles. The Morgan fingerprint density at radius 2 is 0.750 bits per heavy atom. The first-order valence-electron chi connectivity index (χ1n) is 21.6. The summed E-state index contributed by atoms with van der Waals surface area (Å²) in [5.41, 5.74) is 16.0. The molecule has 0 radical (unpaired) electrons. The number of nitrogens with zero attached hydrogens (tertiary/aromatic N) is 4. The lowest BCUT2D eigenvalue weighted by atomic mass is 9.99. The van der Waals surface area contributed by atoms with Gasteiger partial charge in [0.25, 0.3) is 0 Å². The fraction of sp³-hybridized carbons (Fsp3) is 0. The van der Waals surface area contributed by atoms with Crippen molar-refractivity contribution >= 4 is 78.0 Å². The van der Waals surface area contributed by atoms with E-state index >= 15 is 0 Å². The first-order valence-corrected chi connectivity index (χ1v) is 21.6. The molecule has 0 unspecified atom stereocenters. The van der Waals surface area contributed by atoms with Gasteiger partial charge in [-0.2, -0.15) is 0 Å². The molecule has 0 saturated heterocycles. The largest absolute Gasteiger partial charge is 0.438 e. The normalized spacial score (nSPS) is 11.4. The number of pyridine rings is 1. The van der Waals surface area contributed by atoms with Crippen molar-refractivity contribution in [2.75, 3.05) is 9.80 Å². The molecule has 9 aromatic carbocycles. The number of hydrogen-bond donors (Lipinski definition) is 0.